The number of carbonyl (C=O) groups is 2. The van der Waals surface area contributed by atoms with Crippen LogP contribution in [0.25, 0.3) is 0 Å². The SMILES string of the molecule is C[N+](C)(C)CCO.O=C(O)CC(O)C(=O)[O-]. The number of aliphatic hydroxyl groups excluding tert-OH is 2. The van der Waals surface area contributed by atoms with Crippen molar-refractivity contribution in [3.05, 3.63) is 0 Å². The number of likely N-dealkylation sites (N-methyl/N-ethyl adjacent to an activating group) is 1. The van der Waals surface area contributed by atoms with E-state index in [0.717, 1.165) is 11.0 Å². The predicted octanol–water partition coefficient (Wildman–Crippen LogP) is -2.74. The van der Waals surface area contributed by atoms with E-state index >= 15 is 0 Å². The lowest BCUT2D eigenvalue weighted by Crippen LogP contribution is -2.36. The van der Waals surface area contributed by atoms with E-state index < -0.39 is 24.5 Å². The molecule has 0 saturated carbocycles. The van der Waals surface area contributed by atoms with Crippen molar-refractivity contribution >= 4 is 11.9 Å². The minimum Gasteiger partial charge on any atom is -0.547 e. The van der Waals surface area contributed by atoms with Crippen molar-refractivity contribution < 1.29 is 34.5 Å². The van der Waals surface area contributed by atoms with Gasteiger partial charge in [0, 0.05) is 0 Å². The van der Waals surface area contributed by atoms with Gasteiger partial charge in [0.25, 0.3) is 0 Å². The molecule has 0 fully saturated rings. The van der Waals surface area contributed by atoms with E-state index in [0.29, 0.717) is 0 Å². The van der Waals surface area contributed by atoms with Crippen LogP contribution in [0, 0.1) is 0 Å². The smallest absolute Gasteiger partial charge is 0.306 e. The van der Waals surface area contributed by atoms with Gasteiger partial charge in [0.1, 0.15) is 12.6 Å². The van der Waals surface area contributed by atoms with Gasteiger partial charge in [-0.3, -0.25) is 4.79 Å². The fourth-order valence-electron chi connectivity index (χ4n) is 0.549. The maximum Gasteiger partial charge on any atom is 0.306 e. The molecule has 7 nitrogen and oxygen atoms in total. The van der Waals surface area contributed by atoms with Crippen LogP contribution in [-0.2, 0) is 9.59 Å². The van der Waals surface area contributed by atoms with Crippen LogP contribution in [0.5, 0.6) is 0 Å². The molecule has 96 valence electrons. The number of hydrogen-bond acceptors (Lipinski definition) is 5. The molecule has 0 rings (SSSR count). The molecule has 0 aromatic rings. The molecule has 0 amide bonds. The van der Waals surface area contributed by atoms with E-state index in [1.807, 2.05) is 0 Å². The second-order valence-corrected chi connectivity index (χ2v) is 4.17. The normalized spacial score (nSPS) is 12.3. The van der Waals surface area contributed by atoms with Crippen LogP contribution in [0.2, 0.25) is 0 Å². The summed E-state index contributed by atoms with van der Waals surface area (Å²) in [5.41, 5.74) is 0. The van der Waals surface area contributed by atoms with Crippen LogP contribution in [-0.4, -0.2) is 72.1 Å². The van der Waals surface area contributed by atoms with Crippen molar-refractivity contribution in [3.8, 4) is 0 Å². The van der Waals surface area contributed by atoms with Crippen LogP contribution >= 0.6 is 0 Å². The summed E-state index contributed by atoms with van der Waals surface area (Å²) in [4.78, 5) is 19.3. The van der Waals surface area contributed by atoms with Crippen LogP contribution in [0.4, 0.5) is 0 Å². The van der Waals surface area contributed by atoms with Gasteiger partial charge in [-0.15, -0.1) is 0 Å². The first kappa shape index (κ1) is 17.2. The topological polar surface area (TPSA) is 118 Å². The molecular weight excluding hydrogens is 218 g/mol. The molecule has 3 N–H and O–H groups in total. The lowest BCUT2D eigenvalue weighted by Gasteiger charge is -2.21. The molecular formula is C9H19NO6. The van der Waals surface area contributed by atoms with Crippen molar-refractivity contribution in [1.82, 2.24) is 0 Å². The maximum absolute atomic E-state index is 9.66. The number of carboxylic acid groups (broad SMARTS) is 2. The average Bonchev–Trinajstić information content (AvgIpc) is 2.01. The average molecular weight is 237 g/mol. The number of rotatable bonds is 5. The van der Waals surface area contributed by atoms with Crippen molar-refractivity contribution in [2.24, 2.45) is 0 Å². The third kappa shape index (κ3) is 15.3. The molecule has 0 bridgehead atoms. The molecule has 0 heterocycles. The van der Waals surface area contributed by atoms with Crippen molar-refractivity contribution in [1.29, 1.82) is 0 Å². The van der Waals surface area contributed by atoms with E-state index in [2.05, 4.69) is 21.1 Å². The van der Waals surface area contributed by atoms with Crippen LogP contribution in [0.3, 0.4) is 0 Å². The number of carboxylic acids is 2. The van der Waals surface area contributed by atoms with Gasteiger partial charge in [-0.25, -0.2) is 0 Å². The molecule has 0 aliphatic rings. The maximum atomic E-state index is 9.66. The molecule has 0 radical (unpaired) electrons. The van der Waals surface area contributed by atoms with Gasteiger partial charge in [0.05, 0.1) is 40.1 Å². The van der Waals surface area contributed by atoms with Gasteiger partial charge in [0.15, 0.2) is 0 Å². The summed E-state index contributed by atoms with van der Waals surface area (Å²) in [5.74, 6) is -3.14. The predicted molar refractivity (Wildman–Crippen MR) is 53.3 cm³/mol. The highest BCUT2D eigenvalue weighted by Gasteiger charge is 2.08. The molecule has 0 saturated heterocycles. The highest BCUT2D eigenvalue weighted by atomic mass is 16.4. The number of carbonyl (C=O) groups excluding carboxylic acids is 1. The van der Waals surface area contributed by atoms with Gasteiger partial charge in [-0.2, -0.15) is 0 Å². The Kier molecular flexibility index (Phi) is 8.64. The zero-order chi connectivity index (χ0) is 13.4. The lowest BCUT2D eigenvalue weighted by atomic mass is 10.3. The van der Waals surface area contributed by atoms with Crippen molar-refractivity contribution in [2.45, 2.75) is 12.5 Å². The minimum absolute atomic E-state index is 0.281. The van der Waals surface area contributed by atoms with E-state index in [4.69, 9.17) is 15.3 Å². The standard InChI is InChI=1S/C5H14NO.C4H6O5/c1-6(2,3)4-5-7;5-2(4(8)9)1-3(6)7/h7H,4-5H2,1-3H3;2,5H,1H2,(H,6,7)(H,8,9)/q+1;/p-1. The Morgan fingerprint density at radius 2 is 1.75 bits per heavy atom. The molecule has 1 unspecified atom stereocenters. The molecule has 16 heavy (non-hydrogen) atoms. The molecule has 0 aromatic carbocycles. The highest BCUT2D eigenvalue weighted by molar-refractivity contribution is 5.77. The fraction of sp³-hybridized carbons (Fsp3) is 0.778. The molecule has 0 aromatic heterocycles. The first-order chi connectivity index (χ1) is 7.10. The Balaban J connectivity index is 0. The van der Waals surface area contributed by atoms with Gasteiger partial charge in [-0.05, 0) is 0 Å². The van der Waals surface area contributed by atoms with Crippen molar-refractivity contribution in [2.75, 3.05) is 34.3 Å². The summed E-state index contributed by atoms with van der Waals surface area (Å²) >= 11 is 0. The van der Waals surface area contributed by atoms with Gasteiger partial charge >= 0.3 is 5.97 Å². The largest absolute Gasteiger partial charge is 0.547 e. The third-order valence-corrected chi connectivity index (χ3v) is 1.41. The second kappa shape index (κ2) is 8.03. The van der Waals surface area contributed by atoms with E-state index in [1.165, 1.54) is 0 Å². The molecule has 1 atom stereocenters. The Morgan fingerprint density at radius 1 is 1.31 bits per heavy atom. The molecule has 7 heteroatoms. The summed E-state index contributed by atoms with van der Waals surface area (Å²) in [6, 6.07) is 0. The summed E-state index contributed by atoms with van der Waals surface area (Å²) in [5, 5.41) is 34.1. The summed E-state index contributed by atoms with van der Waals surface area (Å²) in [6.07, 6.45) is -2.72. The summed E-state index contributed by atoms with van der Waals surface area (Å²) < 4.78 is 0.844. The fourth-order valence-corrected chi connectivity index (χ4v) is 0.549. The van der Waals surface area contributed by atoms with Crippen LogP contribution in [0.15, 0.2) is 0 Å². The van der Waals surface area contributed by atoms with Crippen LogP contribution < -0.4 is 5.11 Å². The number of aliphatic hydroxyl groups is 2. The van der Waals surface area contributed by atoms with Crippen molar-refractivity contribution in [3.63, 3.8) is 0 Å². The first-order valence-electron chi connectivity index (χ1n) is 4.62. The Bertz CT molecular complexity index is 223. The number of nitrogens with zero attached hydrogens (tertiary/aromatic N) is 1. The molecule has 0 aliphatic carbocycles. The van der Waals surface area contributed by atoms with E-state index in [1.54, 1.807) is 0 Å². The first-order valence-corrected chi connectivity index (χ1v) is 4.62. The van der Waals surface area contributed by atoms with Crippen LogP contribution in [0.1, 0.15) is 6.42 Å². The second-order valence-electron chi connectivity index (χ2n) is 4.17. The Labute approximate surface area is 94.1 Å². The van der Waals surface area contributed by atoms with Gasteiger partial charge < -0.3 is 29.7 Å². The number of aliphatic carboxylic acids is 2. The monoisotopic (exact) mass is 237 g/mol. The summed E-state index contributed by atoms with van der Waals surface area (Å²) in [7, 11) is 6.16. The Hall–Kier alpha value is -1.18. The number of quaternary nitrogens is 1. The van der Waals surface area contributed by atoms with Gasteiger partial charge in [0.2, 0.25) is 0 Å². The molecule has 0 aliphatic heterocycles. The number of hydrogen-bond donors (Lipinski definition) is 3. The Morgan fingerprint density at radius 3 is 1.81 bits per heavy atom. The van der Waals surface area contributed by atoms with E-state index in [9.17, 15) is 14.7 Å². The zero-order valence-electron chi connectivity index (χ0n) is 9.71. The van der Waals surface area contributed by atoms with E-state index in [-0.39, 0.29) is 6.61 Å². The quantitative estimate of drug-likeness (QED) is 0.446. The lowest BCUT2D eigenvalue weighted by molar-refractivity contribution is -0.870. The third-order valence-electron chi connectivity index (χ3n) is 1.41. The zero-order valence-corrected chi connectivity index (χ0v) is 9.71. The van der Waals surface area contributed by atoms with Gasteiger partial charge in [-0.1, -0.05) is 0 Å². The summed E-state index contributed by atoms with van der Waals surface area (Å²) in [6.45, 7) is 1.11. The minimum atomic E-state index is -1.90. The molecule has 0 spiro atoms. The highest BCUT2D eigenvalue weighted by Crippen LogP contribution is 1.87.